The van der Waals surface area contributed by atoms with Crippen LogP contribution in [-0.2, 0) is 9.59 Å². The second kappa shape index (κ2) is 4.74. The van der Waals surface area contributed by atoms with E-state index in [2.05, 4.69) is 0 Å². The number of hydrogen-bond acceptors (Lipinski definition) is 3. The van der Waals surface area contributed by atoms with Crippen molar-refractivity contribution in [1.29, 1.82) is 0 Å². The predicted octanol–water partition coefficient (Wildman–Crippen LogP) is 1.67. The monoisotopic (exact) mass is 180 g/mol. The average Bonchev–Trinajstić information content (AvgIpc) is 1.82. The Hall–Kier alpha value is -0.0200. The second-order valence-corrected chi connectivity index (χ2v) is 3.58. The molecule has 1 unspecified atom stereocenters. The molecule has 0 aliphatic rings. The summed E-state index contributed by atoms with van der Waals surface area (Å²) < 4.78 is 0. The minimum absolute atomic E-state index is 0.0183. The maximum Gasteiger partial charge on any atom is 0.225 e. The van der Waals surface area contributed by atoms with Gasteiger partial charge in [-0.3, -0.25) is 9.59 Å². The summed E-state index contributed by atoms with van der Waals surface area (Å²) in [4.78, 5) is 20.8. The Balaban J connectivity index is 3.49. The molecule has 0 saturated heterocycles. The van der Waals surface area contributed by atoms with Crippen molar-refractivity contribution in [1.82, 2.24) is 0 Å². The van der Waals surface area contributed by atoms with Crippen molar-refractivity contribution in [2.75, 3.05) is 5.75 Å². The number of halogens is 1. The molecule has 0 spiro atoms. The van der Waals surface area contributed by atoms with Gasteiger partial charge >= 0.3 is 0 Å². The first-order chi connectivity index (χ1) is 4.54. The summed E-state index contributed by atoms with van der Waals surface area (Å²) in [6, 6.07) is 0. The van der Waals surface area contributed by atoms with Crippen LogP contribution in [-0.4, -0.2) is 16.1 Å². The molecule has 0 saturated carbocycles. The molecule has 0 aliphatic heterocycles. The molecular weight excluding hydrogens is 172 g/mol. The van der Waals surface area contributed by atoms with E-state index >= 15 is 0 Å². The standard InChI is InChI=1S/C6H9ClO2S/c1-4(6(7)9)3-10-5(2)8/h4H,3H2,1-2H3. The Morgan fingerprint density at radius 3 is 2.40 bits per heavy atom. The van der Waals surface area contributed by atoms with Gasteiger partial charge in [0.25, 0.3) is 0 Å². The van der Waals surface area contributed by atoms with Crippen molar-refractivity contribution < 1.29 is 9.59 Å². The summed E-state index contributed by atoms with van der Waals surface area (Å²) >= 11 is 6.27. The molecule has 1 atom stereocenters. The van der Waals surface area contributed by atoms with Gasteiger partial charge in [-0.15, -0.1) is 0 Å². The fourth-order valence-corrected chi connectivity index (χ4v) is 1.11. The van der Waals surface area contributed by atoms with Gasteiger partial charge in [-0.2, -0.15) is 0 Å². The summed E-state index contributed by atoms with van der Waals surface area (Å²) in [5, 5.41) is -0.362. The second-order valence-electron chi connectivity index (χ2n) is 2.01. The molecule has 0 N–H and O–H groups in total. The molecule has 2 nitrogen and oxygen atoms in total. The smallest absolute Gasteiger partial charge is 0.225 e. The molecule has 0 aliphatic carbocycles. The lowest BCUT2D eigenvalue weighted by molar-refractivity contribution is -0.114. The highest BCUT2D eigenvalue weighted by atomic mass is 35.5. The summed E-state index contributed by atoms with van der Waals surface area (Å²) in [5.74, 6) is 0.257. The summed E-state index contributed by atoms with van der Waals surface area (Å²) in [7, 11) is 0. The Bertz CT molecular complexity index is 147. The van der Waals surface area contributed by atoms with Crippen LogP contribution in [0.5, 0.6) is 0 Å². The molecule has 0 rings (SSSR count). The van der Waals surface area contributed by atoms with Crippen molar-refractivity contribution in [3.05, 3.63) is 0 Å². The molecule has 0 amide bonds. The number of carbonyl (C=O) groups excluding carboxylic acids is 2. The Morgan fingerprint density at radius 1 is 1.60 bits per heavy atom. The van der Waals surface area contributed by atoms with E-state index < -0.39 is 0 Å². The van der Waals surface area contributed by atoms with Gasteiger partial charge in [-0.25, -0.2) is 0 Å². The van der Waals surface area contributed by atoms with Crippen LogP contribution < -0.4 is 0 Å². The third kappa shape index (κ3) is 4.82. The summed E-state index contributed by atoms with van der Waals surface area (Å²) in [6.45, 7) is 3.17. The van der Waals surface area contributed by atoms with Gasteiger partial charge in [0, 0.05) is 18.6 Å². The summed E-state index contributed by atoms with van der Waals surface area (Å²) in [5.41, 5.74) is 0. The van der Waals surface area contributed by atoms with E-state index in [1.165, 1.54) is 6.92 Å². The van der Waals surface area contributed by atoms with Gasteiger partial charge in [0.15, 0.2) is 5.12 Å². The van der Waals surface area contributed by atoms with E-state index in [9.17, 15) is 9.59 Å². The van der Waals surface area contributed by atoms with Crippen molar-refractivity contribution in [2.45, 2.75) is 13.8 Å². The number of thioether (sulfide) groups is 1. The highest BCUT2D eigenvalue weighted by Crippen LogP contribution is 2.10. The molecule has 0 bridgehead atoms. The quantitative estimate of drug-likeness (QED) is 0.620. The molecular formula is C6H9ClO2S. The van der Waals surface area contributed by atoms with Crippen molar-refractivity contribution in [3.8, 4) is 0 Å². The van der Waals surface area contributed by atoms with Gasteiger partial charge in [-0.05, 0) is 11.6 Å². The zero-order valence-electron chi connectivity index (χ0n) is 5.89. The minimum Gasteiger partial charge on any atom is -0.288 e. The van der Waals surface area contributed by atoms with Crippen LogP contribution in [0.4, 0.5) is 0 Å². The molecule has 0 aromatic carbocycles. The van der Waals surface area contributed by atoms with E-state index in [0.717, 1.165) is 11.8 Å². The Kier molecular flexibility index (Phi) is 4.73. The predicted molar refractivity (Wildman–Crippen MR) is 43.2 cm³/mol. The highest BCUT2D eigenvalue weighted by molar-refractivity contribution is 8.13. The normalized spacial score (nSPS) is 12.7. The van der Waals surface area contributed by atoms with Crippen LogP contribution >= 0.6 is 23.4 Å². The number of carbonyl (C=O) groups is 2. The molecule has 0 aromatic rings. The largest absolute Gasteiger partial charge is 0.288 e. The van der Waals surface area contributed by atoms with E-state index in [4.69, 9.17) is 11.6 Å². The molecule has 0 aromatic heterocycles. The van der Waals surface area contributed by atoms with E-state index in [0.29, 0.717) is 5.75 Å². The van der Waals surface area contributed by atoms with E-state index in [-0.39, 0.29) is 16.3 Å². The minimum atomic E-state index is -0.381. The molecule has 0 heterocycles. The third-order valence-electron chi connectivity index (χ3n) is 0.924. The molecule has 10 heavy (non-hydrogen) atoms. The van der Waals surface area contributed by atoms with Gasteiger partial charge in [-0.1, -0.05) is 18.7 Å². The number of rotatable bonds is 3. The van der Waals surface area contributed by atoms with Crippen molar-refractivity contribution in [3.63, 3.8) is 0 Å². The highest BCUT2D eigenvalue weighted by Gasteiger charge is 2.10. The molecule has 58 valence electrons. The lowest BCUT2D eigenvalue weighted by atomic mass is 10.2. The molecule has 0 fully saturated rings. The van der Waals surface area contributed by atoms with Crippen molar-refractivity contribution in [2.24, 2.45) is 5.92 Å². The zero-order chi connectivity index (χ0) is 8.15. The van der Waals surface area contributed by atoms with Gasteiger partial charge in [0.1, 0.15) is 0 Å². The first-order valence-corrected chi connectivity index (χ1v) is 4.23. The fourth-order valence-electron chi connectivity index (χ4n) is 0.308. The molecule has 4 heteroatoms. The van der Waals surface area contributed by atoms with Gasteiger partial charge in [0.2, 0.25) is 5.24 Å². The van der Waals surface area contributed by atoms with E-state index in [1.807, 2.05) is 0 Å². The lowest BCUT2D eigenvalue weighted by Crippen LogP contribution is -2.07. The van der Waals surface area contributed by atoms with Gasteiger partial charge in [0.05, 0.1) is 0 Å². The van der Waals surface area contributed by atoms with Gasteiger partial charge < -0.3 is 0 Å². The van der Waals surface area contributed by atoms with Crippen LogP contribution in [0.3, 0.4) is 0 Å². The lowest BCUT2D eigenvalue weighted by Gasteiger charge is -2.01. The number of hydrogen-bond donors (Lipinski definition) is 0. The zero-order valence-corrected chi connectivity index (χ0v) is 7.46. The topological polar surface area (TPSA) is 34.1 Å². The van der Waals surface area contributed by atoms with Crippen LogP contribution in [0, 0.1) is 5.92 Å². The molecule has 0 radical (unpaired) electrons. The first-order valence-electron chi connectivity index (χ1n) is 2.86. The summed E-state index contributed by atoms with van der Waals surface area (Å²) in [6.07, 6.45) is 0. The van der Waals surface area contributed by atoms with Crippen LogP contribution in [0.1, 0.15) is 13.8 Å². The average molecular weight is 181 g/mol. The van der Waals surface area contributed by atoms with Crippen LogP contribution in [0.2, 0.25) is 0 Å². The Labute approximate surface area is 69.3 Å². The van der Waals surface area contributed by atoms with Crippen molar-refractivity contribution >= 4 is 33.7 Å². The third-order valence-corrected chi connectivity index (χ3v) is 2.37. The maximum atomic E-state index is 10.4. The van der Waals surface area contributed by atoms with E-state index in [1.54, 1.807) is 6.92 Å². The van der Waals surface area contributed by atoms with Crippen LogP contribution in [0.25, 0.3) is 0 Å². The fraction of sp³-hybridized carbons (Fsp3) is 0.667. The Morgan fingerprint density at radius 2 is 2.10 bits per heavy atom. The SMILES string of the molecule is CC(=O)SCC(C)C(=O)Cl. The van der Waals surface area contributed by atoms with Crippen LogP contribution in [0.15, 0.2) is 0 Å². The maximum absolute atomic E-state index is 10.4. The first kappa shape index (κ1) is 9.98.